The Morgan fingerprint density at radius 2 is 2.28 bits per heavy atom. The predicted octanol–water partition coefficient (Wildman–Crippen LogP) is 2.23. The molecule has 0 atom stereocenters. The van der Waals surface area contributed by atoms with Crippen LogP contribution in [-0.2, 0) is 11.2 Å². The van der Waals surface area contributed by atoms with E-state index >= 15 is 0 Å². The number of hydrogen-bond donors (Lipinski definition) is 1. The lowest BCUT2D eigenvalue weighted by Gasteiger charge is -2.10. The van der Waals surface area contributed by atoms with Gasteiger partial charge in [0.05, 0.1) is 18.2 Å². The van der Waals surface area contributed by atoms with Gasteiger partial charge in [-0.1, -0.05) is 11.6 Å². The van der Waals surface area contributed by atoms with E-state index in [1.54, 1.807) is 13.2 Å². The van der Waals surface area contributed by atoms with Crippen LogP contribution in [0.5, 0.6) is 5.75 Å². The summed E-state index contributed by atoms with van der Waals surface area (Å²) in [6.07, 6.45) is 0.565. The van der Waals surface area contributed by atoms with Crippen LogP contribution in [0.3, 0.4) is 0 Å². The molecule has 0 radical (unpaired) electrons. The quantitative estimate of drug-likeness (QED) is 0.889. The minimum Gasteiger partial charge on any atom is -0.495 e. The molecule has 0 bridgehead atoms. The minimum absolute atomic E-state index is 0.109. The van der Waals surface area contributed by atoms with Crippen molar-refractivity contribution >= 4 is 17.5 Å². The number of halogens is 1. The lowest BCUT2D eigenvalue weighted by molar-refractivity contribution is -0.120. The van der Waals surface area contributed by atoms with E-state index in [1.807, 2.05) is 19.1 Å². The standard InChI is InChI=1S/C13H15ClN2O2/c1-9-7-12(18-2)11(14)8-10(9)4-6-16-13(17)3-5-15/h7-8H,3-4,6H2,1-2H3,(H,16,17). The maximum Gasteiger partial charge on any atom is 0.234 e. The maximum atomic E-state index is 11.1. The van der Waals surface area contributed by atoms with Gasteiger partial charge in [0.2, 0.25) is 5.91 Å². The van der Waals surface area contributed by atoms with Gasteiger partial charge < -0.3 is 10.1 Å². The van der Waals surface area contributed by atoms with Crippen molar-refractivity contribution in [3.05, 3.63) is 28.3 Å². The number of carbonyl (C=O) groups is 1. The summed E-state index contributed by atoms with van der Waals surface area (Å²) in [6.45, 7) is 2.45. The number of nitrogens with one attached hydrogen (secondary N) is 1. The van der Waals surface area contributed by atoms with E-state index < -0.39 is 0 Å². The number of amides is 1. The third kappa shape index (κ3) is 3.94. The van der Waals surface area contributed by atoms with Gasteiger partial charge in [0, 0.05) is 6.54 Å². The first kappa shape index (κ1) is 14.3. The second-order valence-electron chi connectivity index (χ2n) is 3.85. The lowest BCUT2D eigenvalue weighted by Crippen LogP contribution is -2.25. The van der Waals surface area contributed by atoms with Gasteiger partial charge in [-0.3, -0.25) is 4.79 Å². The molecule has 5 heteroatoms. The molecule has 0 saturated carbocycles. The maximum absolute atomic E-state index is 11.1. The highest BCUT2D eigenvalue weighted by molar-refractivity contribution is 6.32. The Kier molecular flexibility index (Phi) is 5.47. The molecule has 0 heterocycles. The van der Waals surface area contributed by atoms with Crippen LogP contribution >= 0.6 is 11.6 Å². The third-order valence-electron chi connectivity index (χ3n) is 2.57. The molecule has 18 heavy (non-hydrogen) atoms. The molecule has 0 aliphatic rings. The Hall–Kier alpha value is -1.73. The first-order valence-corrected chi connectivity index (χ1v) is 5.93. The number of nitrogens with zero attached hydrogens (tertiary/aromatic N) is 1. The predicted molar refractivity (Wildman–Crippen MR) is 69.7 cm³/mol. The monoisotopic (exact) mass is 266 g/mol. The van der Waals surface area contributed by atoms with Gasteiger partial charge in [0.15, 0.2) is 0 Å². The topological polar surface area (TPSA) is 62.1 Å². The summed E-state index contributed by atoms with van der Waals surface area (Å²) in [6, 6.07) is 5.51. The molecular formula is C13H15ClN2O2. The average molecular weight is 267 g/mol. The number of aryl methyl sites for hydroxylation is 1. The fourth-order valence-corrected chi connectivity index (χ4v) is 1.86. The van der Waals surface area contributed by atoms with Gasteiger partial charge in [-0.25, -0.2) is 0 Å². The number of rotatable bonds is 5. The van der Waals surface area contributed by atoms with Crippen LogP contribution in [0.15, 0.2) is 12.1 Å². The van der Waals surface area contributed by atoms with Gasteiger partial charge in [0.1, 0.15) is 12.2 Å². The van der Waals surface area contributed by atoms with Crippen LogP contribution in [0.4, 0.5) is 0 Å². The Morgan fingerprint density at radius 1 is 1.56 bits per heavy atom. The number of methoxy groups -OCH3 is 1. The SMILES string of the molecule is COc1cc(C)c(CCNC(=O)CC#N)cc1Cl. The summed E-state index contributed by atoms with van der Waals surface area (Å²) in [5, 5.41) is 11.6. The third-order valence-corrected chi connectivity index (χ3v) is 2.86. The summed E-state index contributed by atoms with van der Waals surface area (Å²) < 4.78 is 5.12. The van der Waals surface area contributed by atoms with Crippen molar-refractivity contribution in [2.75, 3.05) is 13.7 Å². The summed E-state index contributed by atoms with van der Waals surface area (Å²) in [4.78, 5) is 11.1. The van der Waals surface area contributed by atoms with Crippen molar-refractivity contribution in [2.24, 2.45) is 0 Å². The number of benzene rings is 1. The molecule has 0 aliphatic heterocycles. The second kappa shape index (κ2) is 6.87. The molecule has 0 spiro atoms. The second-order valence-corrected chi connectivity index (χ2v) is 4.26. The van der Waals surface area contributed by atoms with Crippen LogP contribution in [0.1, 0.15) is 17.5 Å². The molecule has 0 saturated heterocycles. The minimum atomic E-state index is -0.255. The molecule has 0 unspecified atom stereocenters. The van der Waals surface area contributed by atoms with Crippen molar-refractivity contribution in [1.29, 1.82) is 5.26 Å². The smallest absolute Gasteiger partial charge is 0.234 e. The van der Waals surface area contributed by atoms with Crippen molar-refractivity contribution in [3.8, 4) is 11.8 Å². The average Bonchev–Trinajstić information content (AvgIpc) is 2.33. The Balaban J connectivity index is 2.61. The molecule has 1 aromatic rings. The first-order valence-electron chi connectivity index (χ1n) is 5.55. The van der Waals surface area contributed by atoms with Gasteiger partial charge in [-0.05, 0) is 36.6 Å². The normalized spacial score (nSPS) is 9.67. The highest BCUT2D eigenvalue weighted by Crippen LogP contribution is 2.27. The van der Waals surface area contributed by atoms with Crippen LogP contribution in [-0.4, -0.2) is 19.6 Å². The summed E-state index contributed by atoms with van der Waals surface area (Å²) in [7, 11) is 1.57. The van der Waals surface area contributed by atoms with E-state index in [9.17, 15) is 4.79 Å². The van der Waals surface area contributed by atoms with E-state index in [2.05, 4.69) is 5.32 Å². The zero-order valence-corrected chi connectivity index (χ0v) is 11.2. The Labute approximate surface area is 112 Å². The molecule has 0 aromatic heterocycles. The van der Waals surface area contributed by atoms with Crippen molar-refractivity contribution in [2.45, 2.75) is 19.8 Å². The van der Waals surface area contributed by atoms with Gasteiger partial charge in [-0.2, -0.15) is 5.26 Å². The van der Waals surface area contributed by atoms with Gasteiger partial charge in [0.25, 0.3) is 0 Å². The summed E-state index contributed by atoms with van der Waals surface area (Å²) in [5.41, 5.74) is 2.11. The number of nitriles is 1. The molecule has 1 amide bonds. The molecule has 0 aliphatic carbocycles. The number of hydrogen-bond acceptors (Lipinski definition) is 3. The highest BCUT2D eigenvalue weighted by atomic mass is 35.5. The lowest BCUT2D eigenvalue weighted by atomic mass is 10.1. The van der Waals surface area contributed by atoms with E-state index in [1.165, 1.54) is 0 Å². The Morgan fingerprint density at radius 3 is 2.89 bits per heavy atom. The number of carbonyl (C=O) groups excluding carboxylic acids is 1. The molecular weight excluding hydrogens is 252 g/mol. The molecule has 0 fully saturated rings. The highest BCUT2D eigenvalue weighted by Gasteiger charge is 2.07. The van der Waals surface area contributed by atoms with Crippen LogP contribution in [0, 0.1) is 18.3 Å². The van der Waals surface area contributed by atoms with E-state index in [4.69, 9.17) is 21.6 Å². The fraction of sp³-hybridized carbons (Fsp3) is 0.385. The number of ether oxygens (including phenoxy) is 1. The van der Waals surface area contributed by atoms with Crippen LogP contribution < -0.4 is 10.1 Å². The van der Waals surface area contributed by atoms with Gasteiger partial charge in [-0.15, -0.1) is 0 Å². The van der Waals surface area contributed by atoms with Crippen molar-refractivity contribution in [3.63, 3.8) is 0 Å². The van der Waals surface area contributed by atoms with E-state index in [-0.39, 0.29) is 12.3 Å². The zero-order chi connectivity index (χ0) is 13.5. The molecule has 1 rings (SSSR count). The fourth-order valence-electron chi connectivity index (χ4n) is 1.59. The molecule has 1 aromatic carbocycles. The Bertz CT molecular complexity index is 481. The van der Waals surface area contributed by atoms with E-state index in [0.717, 1.165) is 11.1 Å². The molecule has 1 N–H and O–H groups in total. The van der Waals surface area contributed by atoms with E-state index in [0.29, 0.717) is 23.7 Å². The van der Waals surface area contributed by atoms with Gasteiger partial charge >= 0.3 is 0 Å². The molecule has 96 valence electrons. The largest absolute Gasteiger partial charge is 0.495 e. The summed E-state index contributed by atoms with van der Waals surface area (Å²) >= 11 is 6.04. The summed E-state index contributed by atoms with van der Waals surface area (Å²) in [5.74, 6) is 0.390. The zero-order valence-electron chi connectivity index (χ0n) is 10.4. The van der Waals surface area contributed by atoms with Crippen molar-refractivity contribution < 1.29 is 9.53 Å². The first-order chi connectivity index (χ1) is 8.58. The molecule has 4 nitrogen and oxygen atoms in total. The van der Waals surface area contributed by atoms with Crippen LogP contribution in [0.25, 0.3) is 0 Å². The van der Waals surface area contributed by atoms with Crippen LogP contribution in [0.2, 0.25) is 5.02 Å². The van der Waals surface area contributed by atoms with Crippen molar-refractivity contribution in [1.82, 2.24) is 5.32 Å².